The molecular weight excluding hydrogens is 276 g/mol. The van der Waals surface area contributed by atoms with Gasteiger partial charge in [-0.2, -0.15) is 0 Å². The lowest BCUT2D eigenvalue weighted by atomic mass is 9.99. The summed E-state index contributed by atoms with van der Waals surface area (Å²) >= 11 is 0. The van der Waals surface area contributed by atoms with Crippen LogP contribution < -0.4 is 0 Å². The number of aryl methyl sites for hydroxylation is 1. The van der Waals surface area contributed by atoms with Crippen molar-refractivity contribution < 1.29 is 29.3 Å². The van der Waals surface area contributed by atoms with E-state index in [1.165, 1.54) is 18.2 Å². The lowest BCUT2D eigenvalue weighted by Gasteiger charge is -2.07. The van der Waals surface area contributed by atoms with Crippen LogP contribution >= 0.6 is 0 Å². The summed E-state index contributed by atoms with van der Waals surface area (Å²) in [5, 5.41) is 18.0. The Morgan fingerprint density at radius 2 is 1.86 bits per heavy atom. The van der Waals surface area contributed by atoms with Crippen molar-refractivity contribution in [3.05, 3.63) is 47.5 Å². The van der Waals surface area contributed by atoms with E-state index in [0.29, 0.717) is 24.8 Å². The molecule has 1 rings (SSSR count). The van der Waals surface area contributed by atoms with E-state index in [4.69, 9.17) is 14.9 Å². The van der Waals surface area contributed by atoms with E-state index < -0.39 is 17.9 Å². The van der Waals surface area contributed by atoms with Crippen molar-refractivity contribution in [2.24, 2.45) is 0 Å². The summed E-state index contributed by atoms with van der Waals surface area (Å²) in [5.74, 6) is -2.71. The molecule has 0 saturated carbocycles. The first-order valence-corrected chi connectivity index (χ1v) is 6.34. The zero-order chi connectivity index (χ0) is 15.8. The van der Waals surface area contributed by atoms with Gasteiger partial charge in [-0.15, -0.1) is 0 Å². The van der Waals surface area contributed by atoms with Crippen LogP contribution in [0, 0.1) is 0 Å². The maximum absolute atomic E-state index is 11.1. The second-order valence-electron chi connectivity index (χ2n) is 4.31. The molecule has 0 amide bonds. The molecule has 1 aromatic rings. The zero-order valence-corrected chi connectivity index (χ0v) is 11.4. The Kier molecular flexibility index (Phi) is 6.13. The first-order valence-electron chi connectivity index (χ1n) is 6.34. The Labute approximate surface area is 121 Å². The molecule has 0 bridgehead atoms. The third-order valence-electron chi connectivity index (χ3n) is 2.83. The highest BCUT2D eigenvalue weighted by Crippen LogP contribution is 2.15. The van der Waals surface area contributed by atoms with Gasteiger partial charge in [0.2, 0.25) is 0 Å². The van der Waals surface area contributed by atoms with Crippen molar-refractivity contribution in [3.8, 4) is 0 Å². The average molecular weight is 292 g/mol. The molecule has 0 saturated heterocycles. The number of rotatable bonds is 8. The molecule has 0 heterocycles. The quantitative estimate of drug-likeness (QED) is 0.432. The lowest BCUT2D eigenvalue weighted by molar-refractivity contribution is -0.137. The summed E-state index contributed by atoms with van der Waals surface area (Å²) in [7, 11) is 0. The van der Waals surface area contributed by atoms with Crippen LogP contribution in [-0.2, 0) is 16.0 Å². The lowest BCUT2D eigenvalue weighted by Crippen LogP contribution is -2.07. The molecule has 0 atom stereocenters. The number of carboxylic acids is 2. The molecule has 0 unspecified atom stereocenters. The summed E-state index contributed by atoms with van der Waals surface area (Å²) in [4.78, 5) is 32.8. The Morgan fingerprint density at radius 3 is 2.43 bits per heavy atom. The van der Waals surface area contributed by atoms with Crippen LogP contribution in [0.4, 0.5) is 0 Å². The minimum absolute atomic E-state index is 0.0492. The normalized spacial score (nSPS) is 9.90. The van der Waals surface area contributed by atoms with E-state index in [2.05, 4.69) is 6.58 Å². The third-order valence-corrected chi connectivity index (χ3v) is 2.83. The van der Waals surface area contributed by atoms with Gasteiger partial charge in [-0.1, -0.05) is 6.58 Å². The van der Waals surface area contributed by atoms with E-state index in [1.807, 2.05) is 0 Å². The van der Waals surface area contributed by atoms with Crippen molar-refractivity contribution in [2.75, 3.05) is 6.61 Å². The van der Waals surface area contributed by atoms with Gasteiger partial charge in [-0.05, 0) is 43.0 Å². The SMILES string of the molecule is C=CC(=O)OCCCCc1cc(C(=O)O)ccc1C(=O)O. The summed E-state index contributed by atoms with van der Waals surface area (Å²) in [5.41, 5.74) is 0.591. The fourth-order valence-corrected chi connectivity index (χ4v) is 1.79. The molecule has 21 heavy (non-hydrogen) atoms. The molecule has 0 aliphatic rings. The highest BCUT2D eigenvalue weighted by atomic mass is 16.5. The van der Waals surface area contributed by atoms with E-state index in [1.54, 1.807) is 0 Å². The number of ether oxygens (including phenoxy) is 1. The summed E-state index contributed by atoms with van der Waals surface area (Å²) in [6.07, 6.45) is 2.59. The van der Waals surface area contributed by atoms with Crippen LogP contribution in [0.2, 0.25) is 0 Å². The number of esters is 1. The molecule has 2 N–H and O–H groups in total. The number of unbranched alkanes of at least 4 members (excludes halogenated alkanes) is 1. The highest BCUT2D eigenvalue weighted by Gasteiger charge is 2.13. The largest absolute Gasteiger partial charge is 0.478 e. The van der Waals surface area contributed by atoms with Gasteiger partial charge < -0.3 is 14.9 Å². The predicted molar refractivity (Wildman–Crippen MR) is 74.5 cm³/mol. The second kappa shape index (κ2) is 7.84. The number of hydrogen-bond acceptors (Lipinski definition) is 4. The van der Waals surface area contributed by atoms with Crippen molar-refractivity contribution in [2.45, 2.75) is 19.3 Å². The van der Waals surface area contributed by atoms with Crippen LogP contribution in [0.3, 0.4) is 0 Å². The van der Waals surface area contributed by atoms with Gasteiger partial charge in [0.05, 0.1) is 17.7 Å². The first kappa shape index (κ1) is 16.4. The van der Waals surface area contributed by atoms with Crippen molar-refractivity contribution in [1.82, 2.24) is 0 Å². The summed E-state index contributed by atoms with van der Waals surface area (Å²) in [6, 6.07) is 3.92. The topological polar surface area (TPSA) is 101 Å². The molecular formula is C15H16O6. The summed E-state index contributed by atoms with van der Waals surface area (Å²) < 4.78 is 4.80. The molecule has 0 aliphatic heterocycles. The van der Waals surface area contributed by atoms with Crippen LogP contribution in [0.15, 0.2) is 30.9 Å². The molecule has 112 valence electrons. The van der Waals surface area contributed by atoms with E-state index in [9.17, 15) is 14.4 Å². The monoisotopic (exact) mass is 292 g/mol. The number of hydrogen-bond donors (Lipinski definition) is 2. The molecule has 0 fully saturated rings. The van der Waals surface area contributed by atoms with Crippen LogP contribution in [0.1, 0.15) is 39.1 Å². The Hall–Kier alpha value is -2.63. The highest BCUT2D eigenvalue weighted by molar-refractivity contribution is 5.93. The van der Waals surface area contributed by atoms with E-state index >= 15 is 0 Å². The number of carbonyl (C=O) groups is 3. The van der Waals surface area contributed by atoms with E-state index in [-0.39, 0.29) is 17.7 Å². The third kappa shape index (κ3) is 5.10. The number of benzene rings is 1. The summed E-state index contributed by atoms with van der Waals surface area (Å²) in [6.45, 7) is 3.48. The van der Waals surface area contributed by atoms with Gasteiger partial charge >= 0.3 is 17.9 Å². The Bertz CT molecular complexity index is 561. The first-order chi connectivity index (χ1) is 9.95. The van der Waals surface area contributed by atoms with E-state index in [0.717, 1.165) is 6.08 Å². The predicted octanol–water partition coefficient (Wildman–Crippen LogP) is 2.13. The molecule has 1 aromatic carbocycles. The van der Waals surface area contributed by atoms with Crippen molar-refractivity contribution in [3.63, 3.8) is 0 Å². The minimum atomic E-state index is -1.10. The van der Waals surface area contributed by atoms with Crippen LogP contribution in [0.25, 0.3) is 0 Å². The average Bonchev–Trinajstić information content (AvgIpc) is 2.46. The standard InChI is InChI=1S/C15H16O6/c1-2-13(16)21-8-4-3-5-10-9-11(14(17)18)6-7-12(10)15(19)20/h2,6-7,9H,1,3-5,8H2,(H,17,18)(H,19,20). The van der Waals surface area contributed by atoms with Crippen LogP contribution in [-0.4, -0.2) is 34.7 Å². The second-order valence-corrected chi connectivity index (χ2v) is 4.31. The molecule has 0 aromatic heterocycles. The number of aromatic carboxylic acids is 2. The van der Waals surface area contributed by atoms with Gasteiger partial charge in [0, 0.05) is 6.08 Å². The maximum Gasteiger partial charge on any atom is 0.335 e. The molecule has 0 aliphatic carbocycles. The van der Waals surface area contributed by atoms with Crippen molar-refractivity contribution in [1.29, 1.82) is 0 Å². The van der Waals surface area contributed by atoms with Gasteiger partial charge in [-0.3, -0.25) is 0 Å². The Balaban J connectivity index is 2.65. The number of carbonyl (C=O) groups excluding carboxylic acids is 1. The van der Waals surface area contributed by atoms with Crippen molar-refractivity contribution >= 4 is 17.9 Å². The Morgan fingerprint density at radius 1 is 1.14 bits per heavy atom. The van der Waals surface area contributed by atoms with Crippen LogP contribution in [0.5, 0.6) is 0 Å². The molecule has 0 spiro atoms. The molecule has 0 radical (unpaired) electrons. The molecule has 6 heteroatoms. The maximum atomic E-state index is 11.1. The van der Waals surface area contributed by atoms with Gasteiger partial charge in [0.25, 0.3) is 0 Å². The van der Waals surface area contributed by atoms with Gasteiger partial charge in [0.15, 0.2) is 0 Å². The smallest absolute Gasteiger partial charge is 0.335 e. The van der Waals surface area contributed by atoms with Gasteiger partial charge in [0.1, 0.15) is 0 Å². The fraction of sp³-hybridized carbons (Fsp3) is 0.267. The zero-order valence-electron chi connectivity index (χ0n) is 11.4. The number of carboxylic acid groups (broad SMARTS) is 2. The fourth-order valence-electron chi connectivity index (χ4n) is 1.79. The molecule has 6 nitrogen and oxygen atoms in total. The van der Waals surface area contributed by atoms with Gasteiger partial charge in [-0.25, -0.2) is 14.4 Å². The minimum Gasteiger partial charge on any atom is -0.478 e.